The van der Waals surface area contributed by atoms with Gasteiger partial charge in [0, 0.05) is 31.4 Å². The maximum absolute atomic E-state index is 14.0. The second kappa shape index (κ2) is 7.69. The van der Waals surface area contributed by atoms with Gasteiger partial charge in [-0.2, -0.15) is 0 Å². The van der Waals surface area contributed by atoms with Gasteiger partial charge in [0.15, 0.2) is 0 Å². The van der Waals surface area contributed by atoms with Gasteiger partial charge >= 0.3 is 0 Å². The molecule has 1 fully saturated rings. The number of phenols is 1. The topological polar surface area (TPSA) is 82.5 Å². The number of aromatic nitrogens is 1. The largest absolute Gasteiger partial charge is 0.507 e. The molecule has 0 bridgehead atoms. The Morgan fingerprint density at radius 2 is 2.11 bits per heavy atom. The van der Waals surface area contributed by atoms with Crippen molar-refractivity contribution in [1.82, 2.24) is 9.88 Å². The molecule has 3 rings (SSSR count). The van der Waals surface area contributed by atoms with Gasteiger partial charge in [0.05, 0.1) is 5.92 Å². The maximum Gasteiger partial charge on any atom is 0.260 e. The summed E-state index contributed by atoms with van der Waals surface area (Å²) in [5.74, 6) is -3.94. The van der Waals surface area contributed by atoms with Crippen LogP contribution in [-0.2, 0) is 4.79 Å². The number of amides is 2. The Hall–Kier alpha value is -3.03. The Morgan fingerprint density at radius 3 is 2.81 bits per heavy atom. The van der Waals surface area contributed by atoms with Crippen molar-refractivity contribution in [1.29, 1.82) is 0 Å². The molecule has 142 valence electrons. The minimum Gasteiger partial charge on any atom is -0.507 e. The van der Waals surface area contributed by atoms with E-state index in [1.807, 2.05) is 13.0 Å². The van der Waals surface area contributed by atoms with Crippen LogP contribution in [0.1, 0.15) is 28.8 Å². The highest BCUT2D eigenvalue weighted by atomic mass is 19.1. The normalized spacial score (nSPS) is 16.9. The average molecular weight is 375 g/mol. The van der Waals surface area contributed by atoms with Crippen molar-refractivity contribution in [3.05, 3.63) is 53.2 Å². The molecule has 0 spiro atoms. The predicted molar refractivity (Wildman–Crippen MR) is 94.3 cm³/mol. The number of anilines is 1. The summed E-state index contributed by atoms with van der Waals surface area (Å²) in [6, 6.07) is 4.81. The number of hydrogen-bond donors (Lipinski definition) is 2. The molecule has 2 amide bonds. The maximum atomic E-state index is 14.0. The van der Waals surface area contributed by atoms with E-state index in [4.69, 9.17) is 0 Å². The van der Waals surface area contributed by atoms with Crippen LogP contribution in [0.3, 0.4) is 0 Å². The summed E-state index contributed by atoms with van der Waals surface area (Å²) in [5.41, 5.74) is 0.228. The van der Waals surface area contributed by atoms with Crippen LogP contribution in [0.2, 0.25) is 0 Å². The van der Waals surface area contributed by atoms with E-state index in [9.17, 15) is 23.5 Å². The van der Waals surface area contributed by atoms with Gasteiger partial charge in [-0.05, 0) is 31.4 Å². The highest BCUT2D eigenvalue weighted by molar-refractivity contribution is 5.98. The lowest BCUT2D eigenvalue weighted by Crippen LogP contribution is -2.44. The first-order valence-corrected chi connectivity index (χ1v) is 8.56. The molecule has 1 saturated heterocycles. The number of nitrogens with zero attached hydrogens (tertiary/aromatic N) is 2. The molecular weight excluding hydrogens is 356 g/mol. The van der Waals surface area contributed by atoms with E-state index < -0.39 is 34.8 Å². The van der Waals surface area contributed by atoms with Gasteiger partial charge in [-0.25, -0.2) is 13.8 Å². The number of likely N-dealkylation sites (tertiary alicyclic amines) is 1. The number of pyridine rings is 1. The molecule has 0 saturated carbocycles. The quantitative estimate of drug-likeness (QED) is 0.864. The Balaban J connectivity index is 1.73. The molecule has 0 radical (unpaired) electrons. The second-order valence-corrected chi connectivity index (χ2v) is 6.53. The van der Waals surface area contributed by atoms with Gasteiger partial charge in [-0.1, -0.05) is 6.07 Å². The molecule has 8 heteroatoms. The third kappa shape index (κ3) is 4.05. The number of nitrogens with one attached hydrogen (secondary N) is 1. The third-order valence-corrected chi connectivity index (χ3v) is 4.58. The van der Waals surface area contributed by atoms with E-state index in [0.717, 1.165) is 5.56 Å². The highest BCUT2D eigenvalue weighted by Crippen LogP contribution is 2.27. The highest BCUT2D eigenvalue weighted by Gasteiger charge is 2.31. The van der Waals surface area contributed by atoms with E-state index in [-0.39, 0.29) is 12.5 Å². The van der Waals surface area contributed by atoms with E-state index >= 15 is 0 Å². The first kappa shape index (κ1) is 18.8. The van der Waals surface area contributed by atoms with Crippen LogP contribution in [0.15, 0.2) is 30.5 Å². The van der Waals surface area contributed by atoms with Crippen molar-refractivity contribution >= 4 is 17.6 Å². The molecule has 2 N–H and O–H groups in total. The molecular formula is C19H19F2N3O3. The molecule has 2 aromatic rings. The van der Waals surface area contributed by atoms with E-state index in [2.05, 4.69) is 10.3 Å². The zero-order valence-corrected chi connectivity index (χ0v) is 14.7. The third-order valence-electron chi connectivity index (χ3n) is 4.58. The minimum atomic E-state index is -1.13. The summed E-state index contributed by atoms with van der Waals surface area (Å²) in [7, 11) is 0. The molecule has 2 heterocycles. The molecule has 1 aliphatic heterocycles. The zero-order valence-electron chi connectivity index (χ0n) is 14.7. The van der Waals surface area contributed by atoms with Gasteiger partial charge in [0.2, 0.25) is 5.91 Å². The van der Waals surface area contributed by atoms with Crippen molar-refractivity contribution in [3.8, 4) is 5.75 Å². The van der Waals surface area contributed by atoms with E-state index in [1.165, 1.54) is 4.90 Å². The predicted octanol–water partition coefficient (Wildman–Crippen LogP) is 2.86. The van der Waals surface area contributed by atoms with Crippen molar-refractivity contribution in [2.24, 2.45) is 5.92 Å². The Bertz CT molecular complexity index is 865. The molecule has 0 aliphatic carbocycles. The van der Waals surface area contributed by atoms with Crippen molar-refractivity contribution in [2.45, 2.75) is 19.8 Å². The van der Waals surface area contributed by atoms with Crippen molar-refractivity contribution in [2.75, 3.05) is 18.4 Å². The molecule has 0 unspecified atom stereocenters. The fraction of sp³-hybridized carbons (Fsp3) is 0.316. The number of piperidine rings is 1. The summed E-state index contributed by atoms with van der Waals surface area (Å²) in [6.45, 7) is 2.22. The van der Waals surface area contributed by atoms with Gasteiger partial charge in [-0.3, -0.25) is 9.59 Å². The standard InChI is InChI=1S/C19H19F2N3O3/c1-11-4-2-6-22-17(11)23-18(26)12-5-3-7-24(10-12)19(27)16-14(21)8-13(20)9-15(16)25/h2,4,6,8-9,12,25H,3,5,7,10H2,1H3,(H,22,23,26)/t12-/m1/s1. The van der Waals surface area contributed by atoms with Crippen LogP contribution in [0.4, 0.5) is 14.6 Å². The molecule has 1 aromatic heterocycles. The van der Waals surface area contributed by atoms with E-state index in [0.29, 0.717) is 37.3 Å². The Kier molecular flexibility index (Phi) is 5.34. The lowest BCUT2D eigenvalue weighted by molar-refractivity contribution is -0.121. The number of benzene rings is 1. The number of halogens is 2. The number of carbonyl (C=O) groups is 2. The van der Waals surface area contributed by atoms with E-state index in [1.54, 1.807) is 12.3 Å². The van der Waals surface area contributed by atoms with Crippen LogP contribution in [0.25, 0.3) is 0 Å². The number of hydrogen-bond acceptors (Lipinski definition) is 4. The number of aromatic hydroxyl groups is 1. The van der Waals surface area contributed by atoms with Crippen LogP contribution >= 0.6 is 0 Å². The molecule has 1 atom stereocenters. The molecule has 27 heavy (non-hydrogen) atoms. The number of rotatable bonds is 3. The molecule has 6 nitrogen and oxygen atoms in total. The first-order valence-electron chi connectivity index (χ1n) is 8.56. The average Bonchev–Trinajstić information content (AvgIpc) is 2.62. The smallest absolute Gasteiger partial charge is 0.260 e. The first-order chi connectivity index (χ1) is 12.9. The minimum absolute atomic E-state index is 0.0762. The van der Waals surface area contributed by atoms with Crippen LogP contribution in [0.5, 0.6) is 5.75 Å². The second-order valence-electron chi connectivity index (χ2n) is 6.53. The van der Waals surface area contributed by atoms with Crippen LogP contribution in [0, 0.1) is 24.5 Å². The summed E-state index contributed by atoms with van der Waals surface area (Å²) in [4.78, 5) is 30.5. The van der Waals surface area contributed by atoms with Gasteiger partial charge in [-0.15, -0.1) is 0 Å². The fourth-order valence-corrected chi connectivity index (χ4v) is 3.14. The summed E-state index contributed by atoms with van der Waals surface area (Å²) in [6.07, 6.45) is 2.69. The number of phenolic OH excluding ortho intramolecular Hbond substituents is 1. The lowest BCUT2D eigenvalue weighted by atomic mass is 9.96. The van der Waals surface area contributed by atoms with Crippen LogP contribution < -0.4 is 5.32 Å². The SMILES string of the molecule is Cc1cccnc1NC(=O)[C@@H]1CCCN(C(=O)c2c(O)cc(F)cc2F)C1. The monoisotopic (exact) mass is 375 g/mol. The summed E-state index contributed by atoms with van der Waals surface area (Å²) in [5, 5.41) is 12.5. The van der Waals surface area contributed by atoms with Crippen molar-refractivity contribution < 1.29 is 23.5 Å². The Morgan fingerprint density at radius 1 is 1.33 bits per heavy atom. The zero-order chi connectivity index (χ0) is 19.6. The van der Waals surface area contributed by atoms with Gasteiger partial charge < -0.3 is 15.3 Å². The fourth-order valence-electron chi connectivity index (χ4n) is 3.14. The summed E-state index contributed by atoms with van der Waals surface area (Å²) < 4.78 is 27.1. The molecule has 1 aromatic carbocycles. The molecule has 1 aliphatic rings. The van der Waals surface area contributed by atoms with Gasteiger partial charge in [0.1, 0.15) is 28.8 Å². The lowest BCUT2D eigenvalue weighted by Gasteiger charge is -2.32. The van der Waals surface area contributed by atoms with Gasteiger partial charge in [0.25, 0.3) is 5.91 Å². The Labute approximate surface area is 154 Å². The number of carbonyl (C=O) groups excluding carboxylic acids is 2. The van der Waals surface area contributed by atoms with Crippen molar-refractivity contribution in [3.63, 3.8) is 0 Å². The van der Waals surface area contributed by atoms with Crippen LogP contribution in [-0.4, -0.2) is 39.9 Å². The number of aryl methyl sites for hydroxylation is 1. The summed E-state index contributed by atoms with van der Waals surface area (Å²) >= 11 is 0.